The molecule has 1 saturated heterocycles. The molecule has 1 aliphatic heterocycles. The summed E-state index contributed by atoms with van der Waals surface area (Å²) in [4.78, 5) is 13.5. The molecule has 5 rings (SSSR count). The van der Waals surface area contributed by atoms with Gasteiger partial charge in [-0.15, -0.1) is 0 Å². The average Bonchev–Trinajstić information content (AvgIpc) is 2.88. The maximum absolute atomic E-state index is 11.1. The second kappa shape index (κ2) is 9.30. The highest BCUT2D eigenvalue weighted by Crippen LogP contribution is 2.49. The minimum atomic E-state index is 0.154. The van der Waals surface area contributed by atoms with Gasteiger partial charge in [-0.2, -0.15) is 0 Å². The third-order valence-corrected chi connectivity index (χ3v) is 7.47. The first-order chi connectivity index (χ1) is 16.2. The van der Waals surface area contributed by atoms with E-state index in [1.165, 1.54) is 22.3 Å². The summed E-state index contributed by atoms with van der Waals surface area (Å²) in [7, 11) is 1.75. The van der Waals surface area contributed by atoms with E-state index in [-0.39, 0.29) is 11.8 Å². The number of carbonyl (C=O) groups is 1. The van der Waals surface area contributed by atoms with Crippen molar-refractivity contribution in [2.75, 3.05) is 25.1 Å². The smallest absolute Gasteiger partial charge is 0.124 e. The summed E-state index contributed by atoms with van der Waals surface area (Å²) in [5.74, 6) is 1.90. The number of hydrogen-bond acceptors (Lipinski definition) is 4. The highest BCUT2D eigenvalue weighted by Gasteiger charge is 2.34. The number of hydrogen-bond donors (Lipinski definition) is 1. The van der Waals surface area contributed by atoms with Crippen molar-refractivity contribution >= 4 is 12.0 Å². The molecule has 1 N–H and O–H groups in total. The number of aromatic hydroxyl groups is 1. The molecule has 0 aromatic heterocycles. The van der Waals surface area contributed by atoms with Gasteiger partial charge in [0.25, 0.3) is 0 Å². The summed E-state index contributed by atoms with van der Waals surface area (Å²) in [5.41, 5.74) is 6.16. The number of aldehydes is 1. The summed E-state index contributed by atoms with van der Waals surface area (Å²) in [6, 6.07) is 23.1. The number of nitrogens with zero attached hydrogens (tertiary/aromatic N) is 1. The molecule has 4 nitrogen and oxygen atoms in total. The van der Waals surface area contributed by atoms with E-state index in [4.69, 9.17) is 4.74 Å². The lowest BCUT2D eigenvalue weighted by Gasteiger charge is -2.36. The van der Waals surface area contributed by atoms with E-state index in [2.05, 4.69) is 59.5 Å². The number of phenolic OH excluding ortho intramolecular Hbond substituents is 1. The van der Waals surface area contributed by atoms with Gasteiger partial charge in [-0.05, 0) is 66.5 Å². The van der Waals surface area contributed by atoms with E-state index in [0.29, 0.717) is 11.7 Å². The summed E-state index contributed by atoms with van der Waals surface area (Å²) in [5, 5.41) is 10.1. The van der Waals surface area contributed by atoms with Crippen molar-refractivity contribution in [2.45, 2.75) is 37.5 Å². The van der Waals surface area contributed by atoms with Crippen LogP contribution < -0.4 is 9.64 Å². The van der Waals surface area contributed by atoms with Gasteiger partial charge in [0.15, 0.2) is 0 Å². The molecule has 0 unspecified atom stereocenters. The van der Waals surface area contributed by atoms with Crippen molar-refractivity contribution in [3.05, 3.63) is 89.0 Å². The van der Waals surface area contributed by atoms with Crippen LogP contribution in [0.15, 0.2) is 66.7 Å². The van der Waals surface area contributed by atoms with Crippen LogP contribution >= 0.6 is 0 Å². The van der Waals surface area contributed by atoms with E-state index >= 15 is 0 Å². The van der Waals surface area contributed by atoms with E-state index in [9.17, 15) is 9.90 Å². The first kappa shape index (κ1) is 21.6. The fourth-order valence-corrected chi connectivity index (χ4v) is 5.70. The van der Waals surface area contributed by atoms with Gasteiger partial charge in [-0.3, -0.25) is 0 Å². The maximum Gasteiger partial charge on any atom is 0.124 e. The van der Waals surface area contributed by atoms with Gasteiger partial charge < -0.3 is 19.5 Å². The molecule has 1 heterocycles. The van der Waals surface area contributed by atoms with Crippen LogP contribution in [0.2, 0.25) is 0 Å². The second-order valence-electron chi connectivity index (χ2n) is 9.30. The van der Waals surface area contributed by atoms with Gasteiger partial charge in [0.2, 0.25) is 0 Å². The van der Waals surface area contributed by atoms with Crippen LogP contribution in [0.3, 0.4) is 0 Å². The number of carbonyl (C=O) groups excluding carboxylic acids is 1. The van der Waals surface area contributed by atoms with Gasteiger partial charge >= 0.3 is 0 Å². The molecule has 170 valence electrons. The predicted octanol–water partition coefficient (Wildman–Crippen LogP) is 5.68. The van der Waals surface area contributed by atoms with Gasteiger partial charge in [0, 0.05) is 42.2 Å². The largest absolute Gasteiger partial charge is 0.508 e. The first-order valence-electron chi connectivity index (χ1n) is 11.9. The van der Waals surface area contributed by atoms with Crippen molar-refractivity contribution in [3.8, 4) is 11.5 Å². The van der Waals surface area contributed by atoms with Crippen molar-refractivity contribution in [2.24, 2.45) is 5.92 Å². The maximum atomic E-state index is 11.1. The summed E-state index contributed by atoms with van der Waals surface area (Å²) >= 11 is 0. The normalized spacial score (nSPS) is 20.8. The van der Waals surface area contributed by atoms with Crippen molar-refractivity contribution in [1.82, 2.24) is 0 Å². The number of fused-ring (bicyclic) bond motifs is 1. The molecule has 1 fully saturated rings. The lowest BCUT2D eigenvalue weighted by Crippen LogP contribution is -2.34. The zero-order valence-electron chi connectivity index (χ0n) is 19.1. The van der Waals surface area contributed by atoms with Crippen LogP contribution in [0, 0.1) is 5.92 Å². The fourth-order valence-electron chi connectivity index (χ4n) is 5.70. The Morgan fingerprint density at radius 1 is 0.939 bits per heavy atom. The Morgan fingerprint density at radius 2 is 1.70 bits per heavy atom. The third kappa shape index (κ3) is 4.22. The number of piperidine rings is 1. The third-order valence-electron chi connectivity index (χ3n) is 7.47. The van der Waals surface area contributed by atoms with Crippen molar-refractivity contribution in [1.29, 1.82) is 0 Å². The van der Waals surface area contributed by atoms with Crippen LogP contribution in [-0.4, -0.2) is 31.6 Å². The molecule has 0 amide bonds. The number of rotatable bonds is 5. The minimum absolute atomic E-state index is 0.154. The zero-order chi connectivity index (χ0) is 22.8. The Labute approximate surface area is 195 Å². The first-order valence-corrected chi connectivity index (χ1v) is 11.9. The van der Waals surface area contributed by atoms with Gasteiger partial charge in [0.05, 0.1) is 7.11 Å². The topological polar surface area (TPSA) is 49.8 Å². The summed E-state index contributed by atoms with van der Waals surface area (Å²) in [6.07, 6.45) is 4.89. The molecule has 33 heavy (non-hydrogen) atoms. The highest BCUT2D eigenvalue weighted by atomic mass is 16.5. The number of benzene rings is 3. The number of ether oxygens (including phenoxy) is 1. The lowest BCUT2D eigenvalue weighted by atomic mass is 9.69. The molecular formula is C29H31NO3. The van der Waals surface area contributed by atoms with E-state index in [0.717, 1.165) is 56.5 Å². The van der Waals surface area contributed by atoms with Crippen LogP contribution in [0.1, 0.15) is 53.4 Å². The zero-order valence-corrected chi connectivity index (χ0v) is 19.1. The van der Waals surface area contributed by atoms with Gasteiger partial charge in [-0.1, -0.05) is 42.5 Å². The molecule has 3 aromatic rings. The van der Waals surface area contributed by atoms with Gasteiger partial charge in [0.1, 0.15) is 17.8 Å². The monoisotopic (exact) mass is 441 g/mol. The summed E-state index contributed by atoms with van der Waals surface area (Å²) < 4.78 is 5.96. The van der Waals surface area contributed by atoms with E-state index in [1.807, 2.05) is 6.07 Å². The van der Waals surface area contributed by atoms with Crippen LogP contribution in [0.25, 0.3) is 0 Å². The Kier molecular flexibility index (Phi) is 6.08. The molecule has 4 heteroatoms. The minimum Gasteiger partial charge on any atom is -0.508 e. The number of methoxy groups -OCH3 is 1. The number of aryl methyl sites for hydroxylation is 1. The predicted molar refractivity (Wildman–Crippen MR) is 131 cm³/mol. The molecular weight excluding hydrogens is 410 g/mol. The van der Waals surface area contributed by atoms with Crippen molar-refractivity contribution in [3.63, 3.8) is 0 Å². The van der Waals surface area contributed by atoms with E-state index < -0.39 is 0 Å². The Morgan fingerprint density at radius 3 is 2.42 bits per heavy atom. The number of phenols is 1. The number of anilines is 1. The van der Waals surface area contributed by atoms with Crippen molar-refractivity contribution < 1.29 is 14.6 Å². The molecule has 2 aliphatic rings. The average molecular weight is 442 g/mol. The molecule has 2 atom stereocenters. The molecule has 1 aliphatic carbocycles. The van der Waals surface area contributed by atoms with Crippen LogP contribution in [0.4, 0.5) is 5.69 Å². The second-order valence-corrected chi connectivity index (χ2v) is 9.30. The Balaban J connectivity index is 1.55. The quantitative estimate of drug-likeness (QED) is 0.518. The SMILES string of the molecule is COc1cc(N2CCC(C=O)CC2)ccc1[C@H]1c2ccc(O)cc2CC[C@H]1c1ccccc1. The van der Waals surface area contributed by atoms with Crippen LogP contribution in [0.5, 0.6) is 11.5 Å². The van der Waals surface area contributed by atoms with Crippen LogP contribution in [-0.2, 0) is 11.2 Å². The molecule has 3 aromatic carbocycles. The Bertz CT molecular complexity index is 1120. The molecule has 0 spiro atoms. The summed E-state index contributed by atoms with van der Waals surface area (Å²) in [6.45, 7) is 1.79. The highest BCUT2D eigenvalue weighted by molar-refractivity contribution is 5.60. The standard InChI is InChI=1S/C29H31NO3/c1-33-28-18-23(30-15-13-20(19-31)14-16-30)8-11-27(28)29-25(21-5-3-2-4-6-21)10-7-22-17-24(32)9-12-26(22)29/h2-6,8-9,11-12,17-20,25,29,32H,7,10,13-16H2,1H3/t25-,29+/m0/s1. The lowest BCUT2D eigenvalue weighted by molar-refractivity contribution is -0.111. The fraction of sp³-hybridized carbons (Fsp3) is 0.345. The molecule has 0 radical (unpaired) electrons. The molecule has 0 saturated carbocycles. The molecule has 0 bridgehead atoms. The van der Waals surface area contributed by atoms with E-state index in [1.54, 1.807) is 13.2 Å². The Hall–Kier alpha value is -3.27. The van der Waals surface area contributed by atoms with Gasteiger partial charge in [-0.25, -0.2) is 0 Å².